The maximum atomic E-state index is 12.7. The number of nitrogens with zero attached hydrogens (tertiary/aromatic N) is 2. The number of anilines is 1. The zero-order valence-electron chi connectivity index (χ0n) is 16.9. The standard InChI is InChI=1S/C25H21N3O3/c29-23(26-21-14-6-9-17-8-4-5-12-19(17)21)16-31-25(30)24-20-13-7-15-22(20)28(27-24)18-10-2-1-3-11-18/h1-6,8-12,14H,7,13,15-16H2,(H,26,29). The maximum Gasteiger partial charge on any atom is 0.359 e. The first-order chi connectivity index (χ1) is 15.2. The highest BCUT2D eigenvalue weighted by Gasteiger charge is 2.28. The molecule has 1 aliphatic rings. The number of ether oxygens (including phenoxy) is 1. The monoisotopic (exact) mass is 411 g/mol. The number of fused-ring (bicyclic) bond motifs is 2. The van der Waals surface area contributed by atoms with Gasteiger partial charge in [-0.25, -0.2) is 9.48 Å². The molecule has 154 valence electrons. The topological polar surface area (TPSA) is 73.2 Å². The van der Waals surface area contributed by atoms with Crippen LogP contribution in [0.25, 0.3) is 16.5 Å². The van der Waals surface area contributed by atoms with E-state index in [1.807, 2.05) is 77.5 Å². The van der Waals surface area contributed by atoms with Crippen molar-refractivity contribution < 1.29 is 14.3 Å². The van der Waals surface area contributed by atoms with Crippen LogP contribution in [0.15, 0.2) is 72.8 Å². The Morgan fingerprint density at radius 2 is 1.71 bits per heavy atom. The van der Waals surface area contributed by atoms with Crippen LogP contribution in [0.2, 0.25) is 0 Å². The number of hydrogen-bond donors (Lipinski definition) is 1. The number of esters is 1. The summed E-state index contributed by atoms with van der Waals surface area (Å²) < 4.78 is 7.14. The molecule has 6 heteroatoms. The number of amides is 1. The van der Waals surface area contributed by atoms with Crippen molar-refractivity contribution >= 4 is 28.3 Å². The summed E-state index contributed by atoms with van der Waals surface area (Å²) in [5, 5.41) is 9.31. The first kappa shape index (κ1) is 19.1. The van der Waals surface area contributed by atoms with Gasteiger partial charge in [-0.15, -0.1) is 0 Å². The van der Waals surface area contributed by atoms with Crippen LogP contribution >= 0.6 is 0 Å². The fourth-order valence-electron chi connectivity index (χ4n) is 4.10. The average molecular weight is 411 g/mol. The molecule has 0 spiro atoms. The summed E-state index contributed by atoms with van der Waals surface area (Å²) in [6, 6.07) is 23.2. The summed E-state index contributed by atoms with van der Waals surface area (Å²) in [4.78, 5) is 25.2. The van der Waals surface area contributed by atoms with Crippen molar-refractivity contribution in [2.24, 2.45) is 0 Å². The van der Waals surface area contributed by atoms with Crippen molar-refractivity contribution in [1.29, 1.82) is 0 Å². The fourth-order valence-corrected chi connectivity index (χ4v) is 4.10. The zero-order chi connectivity index (χ0) is 21.2. The van der Waals surface area contributed by atoms with E-state index < -0.39 is 5.97 Å². The molecule has 0 saturated carbocycles. The minimum atomic E-state index is -0.569. The quantitative estimate of drug-likeness (QED) is 0.497. The van der Waals surface area contributed by atoms with Gasteiger partial charge < -0.3 is 10.1 Å². The molecule has 5 rings (SSSR count). The molecule has 0 atom stereocenters. The van der Waals surface area contributed by atoms with Crippen molar-refractivity contribution in [3.05, 3.63) is 89.7 Å². The van der Waals surface area contributed by atoms with E-state index in [9.17, 15) is 9.59 Å². The summed E-state index contributed by atoms with van der Waals surface area (Å²) in [6.07, 6.45) is 2.63. The van der Waals surface area contributed by atoms with Crippen LogP contribution in [0.1, 0.15) is 28.2 Å². The van der Waals surface area contributed by atoms with E-state index in [4.69, 9.17) is 4.74 Å². The Morgan fingerprint density at radius 1 is 0.935 bits per heavy atom. The predicted molar refractivity (Wildman–Crippen MR) is 118 cm³/mol. The third kappa shape index (κ3) is 3.68. The lowest BCUT2D eigenvalue weighted by molar-refractivity contribution is -0.119. The first-order valence-electron chi connectivity index (χ1n) is 10.3. The lowest BCUT2D eigenvalue weighted by Gasteiger charge is -2.09. The number of hydrogen-bond acceptors (Lipinski definition) is 4. The minimum Gasteiger partial charge on any atom is -0.451 e. The smallest absolute Gasteiger partial charge is 0.359 e. The molecule has 3 aromatic carbocycles. The molecular weight excluding hydrogens is 390 g/mol. The molecule has 1 N–H and O–H groups in total. The van der Waals surface area contributed by atoms with Crippen molar-refractivity contribution in [3.63, 3.8) is 0 Å². The van der Waals surface area contributed by atoms with Crippen molar-refractivity contribution in [2.75, 3.05) is 11.9 Å². The lowest BCUT2D eigenvalue weighted by atomic mass is 10.1. The molecule has 1 aromatic heterocycles. The van der Waals surface area contributed by atoms with Crippen LogP contribution in [0, 0.1) is 0 Å². The largest absolute Gasteiger partial charge is 0.451 e. The Balaban J connectivity index is 1.30. The number of nitrogens with one attached hydrogen (secondary N) is 1. The predicted octanol–water partition coefficient (Wildman–Crippen LogP) is 4.31. The van der Waals surface area contributed by atoms with Gasteiger partial charge in [0.25, 0.3) is 5.91 Å². The summed E-state index contributed by atoms with van der Waals surface area (Å²) in [5.41, 5.74) is 3.86. The van der Waals surface area contributed by atoms with Gasteiger partial charge in [0.05, 0.1) is 5.69 Å². The summed E-state index contributed by atoms with van der Waals surface area (Å²) >= 11 is 0. The van der Waals surface area contributed by atoms with Gasteiger partial charge in [-0.3, -0.25) is 4.79 Å². The highest BCUT2D eigenvalue weighted by Crippen LogP contribution is 2.28. The fraction of sp³-hybridized carbons (Fsp3) is 0.160. The maximum absolute atomic E-state index is 12.7. The molecule has 0 fully saturated rings. The summed E-state index contributed by atoms with van der Waals surface area (Å²) in [7, 11) is 0. The van der Waals surface area contributed by atoms with E-state index >= 15 is 0 Å². The van der Waals surface area contributed by atoms with Gasteiger partial charge in [-0.2, -0.15) is 5.10 Å². The van der Waals surface area contributed by atoms with Gasteiger partial charge in [-0.1, -0.05) is 54.6 Å². The van der Waals surface area contributed by atoms with E-state index in [1.54, 1.807) is 0 Å². The van der Waals surface area contributed by atoms with Gasteiger partial charge >= 0.3 is 5.97 Å². The number of benzene rings is 3. The van der Waals surface area contributed by atoms with E-state index in [-0.39, 0.29) is 12.5 Å². The second-order valence-corrected chi connectivity index (χ2v) is 7.53. The average Bonchev–Trinajstić information content (AvgIpc) is 3.41. The van der Waals surface area contributed by atoms with Gasteiger partial charge in [0.15, 0.2) is 12.3 Å². The van der Waals surface area contributed by atoms with Gasteiger partial charge in [0.1, 0.15) is 0 Å². The summed E-state index contributed by atoms with van der Waals surface area (Å²) in [5.74, 6) is -0.954. The molecule has 1 amide bonds. The Hall–Kier alpha value is -3.93. The third-order valence-corrected chi connectivity index (χ3v) is 5.52. The second kappa shape index (κ2) is 8.07. The van der Waals surface area contributed by atoms with Crippen LogP contribution in [-0.2, 0) is 22.4 Å². The molecule has 1 aliphatic carbocycles. The SMILES string of the molecule is O=C(COC(=O)c1nn(-c2ccccc2)c2c1CCC2)Nc1cccc2ccccc12. The van der Waals surface area contributed by atoms with E-state index in [0.29, 0.717) is 11.4 Å². The molecule has 4 aromatic rings. The first-order valence-corrected chi connectivity index (χ1v) is 10.3. The Labute approximate surface area is 179 Å². The van der Waals surface area contributed by atoms with Gasteiger partial charge in [0, 0.05) is 22.3 Å². The van der Waals surface area contributed by atoms with Crippen molar-refractivity contribution in [3.8, 4) is 5.69 Å². The summed E-state index contributed by atoms with van der Waals surface area (Å²) in [6.45, 7) is -0.366. The molecule has 0 radical (unpaired) electrons. The van der Waals surface area contributed by atoms with Crippen molar-refractivity contribution in [1.82, 2.24) is 9.78 Å². The van der Waals surface area contributed by atoms with Crippen LogP contribution in [0.3, 0.4) is 0 Å². The highest BCUT2D eigenvalue weighted by atomic mass is 16.5. The second-order valence-electron chi connectivity index (χ2n) is 7.53. The minimum absolute atomic E-state index is 0.300. The Bertz CT molecular complexity index is 1270. The molecule has 0 aliphatic heterocycles. The lowest BCUT2D eigenvalue weighted by Crippen LogP contribution is -2.21. The van der Waals surface area contributed by atoms with E-state index in [2.05, 4.69) is 10.4 Å². The molecule has 6 nitrogen and oxygen atoms in total. The highest BCUT2D eigenvalue weighted by molar-refractivity contribution is 6.03. The Kier molecular flexibility index (Phi) is 4.96. The van der Waals surface area contributed by atoms with Crippen LogP contribution in [0.5, 0.6) is 0 Å². The number of carbonyl (C=O) groups is 2. The number of carbonyl (C=O) groups excluding carboxylic acids is 2. The van der Waals surface area contributed by atoms with Crippen LogP contribution < -0.4 is 5.32 Å². The van der Waals surface area contributed by atoms with Gasteiger partial charge in [-0.05, 0) is 42.8 Å². The normalized spacial score (nSPS) is 12.5. The Morgan fingerprint density at radius 3 is 2.58 bits per heavy atom. The van der Waals surface area contributed by atoms with Crippen LogP contribution in [-0.4, -0.2) is 28.3 Å². The van der Waals surface area contributed by atoms with Crippen molar-refractivity contribution in [2.45, 2.75) is 19.3 Å². The number of para-hydroxylation sites is 1. The molecule has 31 heavy (non-hydrogen) atoms. The zero-order valence-corrected chi connectivity index (χ0v) is 16.9. The molecule has 0 bridgehead atoms. The van der Waals surface area contributed by atoms with Crippen LogP contribution in [0.4, 0.5) is 5.69 Å². The molecule has 0 saturated heterocycles. The molecule has 1 heterocycles. The molecular formula is C25H21N3O3. The number of aromatic nitrogens is 2. The van der Waals surface area contributed by atoms with E-state index in [1.165, 1.54) is 0 Å². The third-order valence-electron chi connectivity index (χ3n) is 5.52. The van der Waals surface area contributed by atoms with Gasteiger partial charge in [0.2, 0.25) is 0 Å². The number of rotatable bonds is 5. The van der Waals surface area contributed by atoms with E-state index in [0.717, 1.165) is 47.0 Å². The molecule has 0 unspecified atom stereocenters.